The van der Waals surface area contributed by atoms with Crippen molar-refractivity contribution in [1.29, 1.82) is 0 Å². The largest absolute Gasteiger partial charge is 0.378 e. The van der Waals surface area contributed by atoms with Crippen molar-refractivity contribution in [2.75, 3.05) is 32.1 Å². The number of ether oxygens (including phenoxy) is 1. The molecule has 1 fully saturated rings. The summed E-state index contributed by atoms with van der Waals surface area (Å²) in [6, 6.07) is 6.50. The van der Waals surface area contributed by atoms with Crippen LogP contribution in [0.4, 0.5) is 0 Å². The molecule has 0 spiro atoms. The fourth-order valence-corrected chi connectivity index (χ4v) is 5.85. The van der Waals surface area contributed by atoms with Gasteiger partial charge in [-0.2, -0.15) is 0 Å². The zero-order valence-electron chi connectivity index (χ0n) is 16.3. The van der Waals surface area contributed by atoms with Crippen LogP contribution in [-0.4, -0.2) is 57.8 Å². The molecule has 0 unspecified atom stereocenters. The average molecular weight is 425 g/mol. The number of hydrogen-bond donors (Lipinski definition) is 0. The fourth-order valence-electron chi connectivity index (χ4n) is 3.76. The van der Waals surface area contributed by atoms with E-state index in [4.69, 9.17) is 9.72 Å². The number of hydrogen-bond acceptors (Lipinski definition) is 7. The summed E-state index contributed by atoms with van der Waals surface area (Å²) in [7, 11) is 0. The van der Waals surface area contributed by atoms with Gasteiger partial charge in [-0.05, 0) is 31.5 Å². The summed E-state index contributed by atoms with van der Waals surface area (Å²) in [4.78, 5) is 29.2. The van der Waals surface area contributed by atoms with Crippen LogP contribution in [0.15, 0.2) is 29.6 Å². The molecular formula is C21H20N4O2S2. The van der Waals surface area contributed by atoms with E-state index in [1.165, 1.54) is 22.9 Å². The van der Waals surface area contributed by atoms with Gasteiger partial charge in [0.1, 0.15) is 16.2 Å². The number of benzene rings is 1. The van der Waals surface area contributed by atoms with Crippen LogP contribution in [0.2, 0.25) is 0 Å². The first-order chi connectivity index (χ1) is 14.1. The highest BCUT2D eigenvalue weighted by atomic mass is 32.2. The van der Waals surface area contributed by atoms with E-state index < -0.39 is 0 Å². The van der Waals surface area contributed by atoms with Crippen molar-refractivity contribution in [3.05, 3.63) is 35.7 Å². The predicted molar refractivity (Wildman–Crippen MR) is 118 cm³/mol. The van der Waals surface area contributed by atoms with Crippen LogP contribution in [0, 0.1) is 13.8 Å². The first-order valence-electron chi connectivity index (χ1n) is 9.54. The lowest BCUT2D eigenvalue weighted by atomic mass is 10.1. The monoisotopic (exact) mass is 424 g/mol. The number of thioether (sulfide) groups is 1. The standard InChI is InChI=1S/C21H20N4O2S2/c1-12-7-13(2)17-14(8-12)9-15-18-19(29-20(15)24-17)21(23-11-22-18)28-10-16(26)25-3-5-27-6-4-25/h7-9,11H,3-6,10H2,1-2H3. The van der Waals surface area contributed by atoms with Gasteiger partial charge in [0, 0.05) is 23.9 Å². The molecule has 4 aromatic rings. The lowest BCUT2D eigenvalue weighted by Crippen LogP contribution is -2.41. The summed E-state index contributed by atoms with van der Waals surface area (Å²) in [6.45, 7) is 6.75. The van der Waals surface area contributed by atoms with E-state index in [1.807, 2.05) is 4.90 Å². The quantitative estimate of drug-likeness (QED) is 0.366. The number of fused-ring (bicyclic) bond motifs is 4. The molecule has 1 saturated heterocycles. The highest BCUT2D eigenvalue weighted by molar-refractivity contribution is 8.00. The summed E-state index contributed by atoms with van der Waals surface area (Å²) in [5.74, 6) is 0.495. The fraction of sp³-hybridized carbons (Fsp3) is 0.333. The molecule has 0 radical (unpaired) electrons. The maximum atomic E-state index is 12.5. The lowest BCUT2D eigenvalue weighted by Gasteiger charge is -2.26. The number of nitrogens with zero attached hydrogens (tertiary/aromatic N) is 4. The first kappa shape index (κ1) is 18.7. The third kappa shape index (κ3) is 3.45. The molecule has 1 aliphatic rings. The molecule has 5 rings (SSSR count). The minimum absolute atomic E-state index is 0.126. The van der Waals surface area contributed by atoms with Crippen LogP contribution in [-0.2, 0) is 9.53 Å². The van der Waals surface area contributed by atoms with Crippen LogP contribution in [0.5, 0.6) is 0 Å². The first-order valence-corrected chi connectivity index (χ1v) is 11.3. The van der Waals surface area contributed by atoms with Crippen molar-refractivity contribution >= 4 is 60.3 Å². The Labute approximate surface area is 176 Å². The van der Waals surface area contributed by atoms with E-state index in [9.17, 15) is 4.79 Å². The molecule has 148 valence electrons. The molecule has 1 aromatic carbocycles. The van der Waals surface area contributed by atoms with Crippen LogP contribution >= 0.6 is 23.1 Å². The van der Waals surface area contributed by atoms with Crippen LogP contribution < -0.4 is 0 Å². The SMILES string of the molecule is Cc1cc(C)c2nc3sc4c(SCC(=O)N5CCOCC5)ncnc4c3cc2c1. The second-order valence-corrected chi connectivity index (χ2v) is 9.20. The highest BCUT2D eigenvalue weighted by Gasteiger charge is 2.19. The van der Waals surface area contributed by atoms with Crippen molar-refractivity contribution in [3.63, 3.8) is 0 Å². The minimum Gasteiger partial charge on any atom is -0.378 e. The predicted octanol–water partition coefficient (Wildman–Crippen LogP) is 3.96. The number of aromatic nitrogens is 3. The van der Waals surface area contributed by atoms with E-state index in [2.05, 4.69) is 42.0 Å². The zero-order chi connectivity index (χ0) is 20.0. The smallest absolute Gasteiger partial charge is 0.233 e. The van der Waals surface area contributed by atoms with Crippen LogP contribution in [0.1, 0.15) is 11.1 Å². The third-order valence-corrected chi connectivity index (χ3v) is 7.34. The van der Waals surface area contributed by atoms with E-state index in [0.717, 1.165) is 36.4 Å². The number of pyridine rings is 1. The Hall–Kier alpha value is -2.29. The minimum atomic E-state index is 0.126. The molecule has 8 heteroatoms. The second-order valence-electron chi connectivity index (χ2n) is 7.24. The van der Waals surface area contributed by atoms with Crippen LogP contribution in [0.25, 0.3) is 31.3 Å². The molecule has 0 saturated carbocycles. The van der Waals surface area contributed by atoms with Gasteiger partial charge in [-0.1, -0.05) is 23.4 Å². The van der Waals surface area contributed by atoms with Gasteiger partial charge in [0.2, 0.25) is 5.91 Å². The lowest BCUT2D eigenvalue weighted by molar-refractivity contribution is -0.132. The Morgan fingerprint density at radius 1 is 1.17 bits per heavy atom. The number of rotatable bonds is 3. The van der Waals surface area contributed by atoms with E-state index in [1.54, 1.807) is 17.7 Å². The number of aryl methyl sites for hydroxylation is 2. The van der Waals surface area contributed by atoms with Gasteiger partial charge in [0.15, 0.2) is 0 Å². The molecule has 29 heavy (non-hydrogen) atoms. The van der Waals surface area contributed by atoms with Crippen LogP contribution in [0.3, 0.4) is 0 Å². The van der Waals surface area contributed by atoms with Gasteiger partial charge < -0.3 is 9.64 Å². The molecule has 0 bridgehead atoms. The van der Waals surface area contributed by atoms with E-state index in [0.29, 0.717) is 32.1 Å². The van der Waals surface area contributed by atoms with Gasteiger partial charge in [0.05, 0.1) is 34.7 Å². The molecule has 1 aliphatic heterocycles. The van der Waals surface area contributed by atoms with E-state index in [-0.39, 0.29) is 5.91 Å². The summed E-state index contributed by atoms with van der Waals surface area (Å²) in [5.41, 5.74) is 4.34. The summed E-state index contributed by atoms with van der Waals surface area (Å²) in [6.07, 6.45) is 1.59. The molecule has 3 aromatic heterocycles. The molecule has 6 nitrogen and oxygen atoms in total. The maximum Gasteiger partial charge on any atom is 0.233 e. The molecule has 4 heterocycles. The van der Waals surface area contributed by atoms with Crippen molar-refractivity contribution in [3.8, 4) is 0 Å². The number of carbonyl (C=O) groups is 1. The van der Waals surface area contributed by atoms with Gasteiger partial charge in [-0.3, -0.25) is 4.79 Å². The summed E-state index contributed by atoms with van der Waals surface area (Å²) >= 11 is 3.08. The number of thiophene rings is 1. The molecule has 1 amide bonds. The highest BCUT2D eigenvalue weighted by Crippen LogP contribution is 2.38. The van der Waals surface area contributed by atoms with Crippen molar-refractivity contribution in [2.24, 2.45) is 0 Å². The summed E-state index contributed by atoms with van der Waals surface area (Å²) < 4.78 is 6.33. The van der Waals surface area contributed by atoms with Gasteiger partial charge >= 0.3 is 0 Å². The van der Waals surface area contributed by atoms with Gasteiger partial charge in [0.25, 0.3) is 0 Å². The Morgan fingerprint density at radius 3 is 2.83 bits per heavy atom. The molecule has 0 atom stereocenters. The van der Waals surface area contributed by atoms with Gasteiger partial charge in [-0.25, -0.2) is 15.0 Å². The number of amides is 1. The average Bonchev–Trinajstić information content (AvgIpc) is 3.09. The van der Waals surface area contributed by atoms with E-state index >= 15 is 0 Å². The normalized spacial score (nSPS) is 14.9. The van der Waals surface area contributed by atoms with Gasteiger partial charge in [-0.15, -0.1) is 11.3 Å². The second kappa shape index (κ2) is 7.51. The number of carbonyl (C=O) groups excluding carboxylic acids is 1. The number of morpholine rings is 1. The summed E-state index contributed by atoms with van der Waals surface area (Å²) in [5, 5.41) is 3.02. The topological polar surface area (TPSA) is 68.2 Å². The Morgan fingerprint density at radius 2 is 2.00 bits per heavy atom. The van der Waals surface area contributed by atoms with Crippen molar-refractivity contribution in [2.45, 2.75) is 18.9 Å². The zero-order valence-corrected chi connectivity index (χ0v) is 17.9. The molecule has 0 aliphatic carbocycles. The third-order valence-electron chi connectivity index (χ3n) is 5.14. The van der Waals surface area contributed by atoms with Crippen molar-refractivity contribution < 1.29 is 9.53 Å². The maximum absolute atomic E-state index is 12.5. The molecular weight excluding hydrogens is 404 g/mol. The Bertz CT molecular complexity index is 1250. The Balaban J connectivity index is 1.52. The van der Waals surface area contributed by atoms with Crippen molar-refractivity contribution in [1.82, 2.24) is 19.9 Å². The molecule has 0 N–H and O–H groups in total. The Kier molecular flexibility index (Phi) is 4.85.